The van der Waals surface area contributed by atoms with Gasteiger partial charge in [0.05, 0.1) is 10.2 Å². The lowest BCUT2D eigenvalue weighted by Crippen LogP contribution is -2.53. The zero-order valence-electron chi connectivity index (χ0n) is 12.7. The number of hydrogen-bond donors (Lipinski definition) is 2. The van der Waals surface area contributed by atoms with Gasteiger partial charge < -0.3 is 10.6 Å². The topological polar surface area (TPSA) is 84.3 Å². The van der Waals surface area contributed by atoms with E-state index in [1.165, 1.54) is 23.9 Å². The summed E-state index contributed by atoms with van der Waals surface area (Å²) in [4.78, 5) is 23.3. The van der Waals surface area contributed by atoms with Gasteiger partial charge in [-0.3, -0.25) is 14.9 Å². The summed E-state index contributed by atoms with van der Waals surface area (Å²) in [5.41, 5.74) is 0.0589. The highest BCUT2D eigenvalue weighted by atomic mass is 32.2. The number of hydrogen-bond acceptors (Lipinski definition) is 5. The molecule has 1 aromatic rings. The quantitative estimate of drug-likeness (QED) is 0.493. The van der Waals surface area contributed by atoms with Crippen molar-refractivity contribution in [2.45, 2.75) is 48.9 Å². The molecule has 22 heavy (non-hydrogen) atoms. The fourth-order valence-electron chi connectivity index (χ4n) is 2.45. The van der Waals surface area contributed by atoms with Crippen molar-refractivity contribution in [2.75, 3.05) is 6.54 Å². The van der Waals surface area contributed by atoms with Gasteiger partial charge in [-0.1, -0.05) is 0 Å². The molecule has 1 aromatic carbocycles. The molecule has 3 atom stereocenters. The van der Waals surface area contributed by atoms with Crippen LogP contribution in [-0.4, -0.2) is 34.7 Å². The number of amides is 1. The first-order chi connectivity index (χ1) is 10.5. The van der Waals surface area contributed by atoms with Crippen molar-refractivity contribution >= 4 is 23.4 Å². The molecule has 0 radical (unpaired) electrons. The molecule has 1 heterocycles. The normalized spacial score (nSPS) is 22.8. The number of rotatable bonds is 5. The number of nitro groups is 1. The number of nitro benzene ring substituents is 1. The summed E-state index contributed by atoms with van der Waals surface area (Å²) in [7, 11) is 0. The van der Waals surface area contributed by atoms with Crippen LogP contribution in [0.3, 0.4) is 0 Å². The van der Waals surface area contributed by atoms with Crippen LogP contribution in [0.1, 0.15) is 26.7 Å². The molecule has 2 N–H and O–H groups in total. The van der Waals surface area contributed by atoms with Gasteiger partial charge in [0.15, 0.2) is 0 Å². The van der Waals surface area contributed by atoms with Gasteiger partial charge in [0, 0.05) is 29.1 Å². The van der Waals surface area contributed by atoms with Crippen LogP contribution in [-0.2, 0) is 4.79 Å². The molecule has 0 aliphatic carbocycles. The zero-order chi connectivity index (χ0) is 16.1. The first-order valence-electron chi connectivity index (χ1n) is 7.42. The van der Waals surface area contributed by atoms with E-state index < -0.39 is 4.92 Å². The number of thioether (sulfide) groups is 1. The first kappa shape index (κ1) is 16.8. The molecule has 1 aliphatic heterocycles. The van der Waals surface area contributed by atoms with E-state index >= 15 is 0 Å². The van der Waals surface area contributed by atoms with Crippen LogP contribution >= 0.6 is 11.8 Å². The molecule has 3 unspecified atom stereocenters. The van der Waals surface area contributed by atoms with E-state index in [4.69, 9.17) is 0 Å². The van der Waals surface area contributed by atoms with Crippen LogP contribution in [0.4, 0.5) is 5.69 Å². The second kappa shape index (κ2) is 7.60. The molecular formula is C15H21N3O3S. The van der Waals surface area contributed by atoms with E-state index in [2.05, 4.69) is 17.6 Å². The van der Waals surface area contributed by atoms with Crippen LogP contribution in [0.2, 0.25) is 0 Å². The Labute approximate surface area is 134 Å². The summed E-state index contributed by atoms with van der Waals surface area (Å²) >= 11 is 1.41. The maximum atomic E-state index is 12.3. The summed E-state index contributed by atoms with van der Waals surface area (Å²) < 4.78 is 0. The first-order valence-corrected chi connectivity index (χ1v) is 8.30. The Morgan fingerprint density at radius 1 is 1.45 bits per heavy atom. The molecule has 0 bridgehead atoms. The molecule has 6 nitrogen and oxygen atoms in total. The van der Waals surface area contributed by atoms with Crippen LogP contribution in [0, 0.1) is 10.1 Å². The lowest BCUT2D eigenvalue weighted by Gasteiger charge is -2.31. The highest BCUT2D eigenvalue weighted by Crippen LogP contribution is 2.25. The summed E-state index contributed by atoms with van der Waals surface area (Å²) in [5, 5.41) is 16.8. The molecule has 1 amide bonds. The minimum absolute atomic E-state index is 0.00361. The Hall–Kier alpha value is -1.60. The second-order valence-corrected chi connectivity index (χ2v) is 6.93. The molecule has 7 heteroatoms. The largest absolute Gasteiger partial charge is 0.351 e. The average molecular weight is 323 g/mol. The number of nitrogens with zero attached hydrogens (tertiary/aromatic N) is 1. The molecule has 0 spiro atoms. The number of nitrogens with one attached hydrogen (secondary N) is 2. The smallest absolute Gasteiger partial charge is 0.269 e. The van der Waals surface area contributed by atoms with E-state index in [0.29, 0.717) is 0 Å². The van der Waals surface area contributed by atoms with Crippen LogP contribution in [0.15, 0.2) is 29.2 Å². The van der Waals surface area contributed by atoms with Crippen LogP contribution in [0.25, 0.3) is 0 Å². The van der Waals surface area contributed by atoms with Gasteiger partial charge in [0.2, 0.25) is 5.91 Å². The lowest BCUT2D eigenvalue weighted by molar-refractivity contribution is -0.384. The van der Waals surface area contributed by atoms with Crippen molar-refractivity contribution in [3.05, 3.63) is 34.4 Å². The van der Waals surface area contributed by atoms with Crippen molar-refractivity contribution in [3.63, 3.8) is 0 Å². The van der Waals surface area contributed by atoms with Gasteiger partial charge >= 0.3 is 0 Å². The molecular weight excluding hydrogens is 302 g/mol. The fraction of sp³-hybridized carbons (Fsp3) is 0.533. The maximum Gasteiger partial charge on any atom is 0.269 e. The maximum absolute atomic E-state index is 12.3. The van der Waals surface area contributed by atoms with Crippen molar-refractivity contribution in [3.8, 4) is 0 Å². The summed E-state index contributed by atoms with van der Waals surface area (Å²) in [6, 6.07) is 6.73. The molecule has 120 valence electrons. The lowest BCUT2D eigenvalue weighted by atomic mass is 10.00. The van der Waals surface area contributed by atoms with Gasteiger partial charge in [-0.15, -0.1) is 11.8 Å². The Morgan fingerprint density at radius 2 is 2.14 bits per heavy atom. The third-order valence-corrected chi connectivity index (χ3v) is 4.93. The minimum atomic E-state index is -0.429. The van der Waals surface area contributed by atoms with E-state index in [0.717, 1.165) is 24.3 Å². The molecule has 1 fully saturated rings. The SMILES string of the molecule is CC(Sc1ccc([N+](=O)[O-])cc1)C(=O)NC1CCCNC1C. The van der Waals surface area contributed by atoms with Crippen molar-refractivity contribution in [2.24, 2.45) is 0 Å². The summed E-state index contributed by atoms with van der Waals surface area (Å²) in [6.07, 6.45) is 2.06. The molecule has 1 saturated heterocycles. The highest BCUT2D eigenvalue weighted by Gasteiger charge is 2.24. The van der Waals surface area contributed by atoms with Crippen LogP contribution in [0.5, 0.6) is 0 Å². The van der Waals surface area contributed by atoms with Gasteiger partial charge in [-0.2, -0.15) is 0 Å². The predicted octanol–water partition coefficient (Wildman–Crippen LogP) is 2.33. The Morgan fingerprint density at radius 3 is 2.73 bits per heavy atom. The Kier molecular flexibility index (Phi) is 5.79. The average Bonchev–Trinajstić information content (AvgIpc) is 2.50. The molecule has 2 rings (SSSR count). The van der Waals surface area contributed by atoms with Crippen molar-refractivity contribution in [1.82, 2.24) is 10.6 Å². The zero-order valence-corrected chi connectivity index (χ0v) is 13.6. The number of carbonyl (C=O) groups is 1. The van der Waals surface area contributed by atoms with E-state index in [1.54, 1.807) is 12.1 Å². The summed E-state index contributed by atoms with van der Waals surface area (Å²) in [6.45, 7) is 4.93. The van der Waals surface area contributed by atoms with E-state index in [-0.39, 0.29) is 28.9 Å². The van der Waals surface area contributed by atoms with Gasteiger partial charge in [0.1, 0.15) is 0 Å². The third kappa shape index (κ3) is 4.45. The van der Waals surface area contributed by atoms with Gasteiger partial charge in [-0.25, -0.2) is 0 Å². The van der Waals surface area contributed by atoms with E-state index in [9.17, 15) is 14.9 Å². The number of non-ortho nitro benzene ring substituents is 1. The molecule has 0 aromatic heterocycles. The standard InChI is InChI=1S/C15H21N3O3S/c1-10-14(4-3-9-16-10)17-15(19)11(2)22-13-7-5-12(6-8-13)18(20)21/h5-8,10-11,14,16H,3-4,9H2,1-2H3,(H,17,19). The van der Waals surface area contributed by atoms with Crippen molar-refractivity contribution in [1.29, 1.82) is 0 Å². The fourth-order valence-corrected chi connectivity index (χ4v) is 3.32. The monoisotopic (exact) mass is 323 g/mol. The highest BCUT2D eigenvalue weighted by molar-refractivity contribution is 8.00. The van der Waals surface area contributed by atoms with Crippen LogP contribution < -0.4 is 10.6 Å². The van der Waals surface area contributed by atoms with Gasteiger partial charge in [0.25, 0.3) is 5.69 Å². The second-order valence-electron chi connectivity index (χ2n) is 5.51. The third-order valence-electron chi connectivity index (χ3n) is 3.82. The number of carbonyl (C=O) groups excluding carboxylic acids is 1. The van der Waals surface area contributed by atoms with Crippen molar-refractivity contribution < 1.29 is 9.72 Å². The summed E-state index contributed by atoms with van der Waals surface area (Å²) in [5.74, 6) is 0.00361. The van der Waals surface area contributed by atoms with Gasteiger partial charge in [-0.05, 0) is 45.4 Å². The predicted molar refractivity (Wildman–Crippen MR) is 87.0 cm³/mol. The Balaban J connectivity index is 1.89. The minimum Gasteiger partial charge on any atom is -0.351 e. The van der Waals surface area contributed by atoms with E-state index in [1.807, 2.05) is 6.92 Å². The Bertz CT molecular complexity index is 535. The number of benzene rings is 1. The molecule has 0 saturated carbocycles. The number of piperidine rings is 1. The molecule has 1 aliphatic rings.